The molecule has 0 fully saturated rings. The van der Waals surface area contributed by atoms with Crippen LogP contribution in [0.4, 0.5) is 0 Å². The second-order valence-corrected chi connectivity index (χ2v) is 8.53. The van der Waals surface area contributed by atoms with Crippen LogP contribution < -0.4 is 0 Å². The number of fused-ring (bicyclic) bond motifs is 1. The van der Waals surface area contributed by atoms with Gasteiger partial charge in [-0.1, -0.05) is 50.2 Å². The first-order valence-electron chi connectivity index (χ1n) is 10.9. The lowest BCUT2D eigenvalue weighted by Gasteiger charge is -2.10. The average Bonchev–Trinajstić information content (AvgIpc) is 3.24. The van der Waals surface area contributed by atoms with Gasteiger partial charge in [0, 0.05) is 22.7 Å². The van der Waals surface area contributed by atoms with E-state index in [9.17, 15) is 5.11 Å². The summed E-state index contributed by atoms with van der Waals surface area (Å²) in [4.78, 5) is 12.9. The van der Waals surface area contributed by atoms with Crippen LogP contribution in [0.2, 0.25) is 0 Å². The molecule has 3 heterocycles. The number of nitrogens with one attached hydrogen (secondary N) is 1. The molecule has 0 aliphatic rings. The predicted octanol–water partition coefficient (Wildman–Crippen LogP) is 6.86. The van der Waals surface area contributed by atoms with E-state index in [1.54, 1.807) is 0 Å². The van der Waals surface area contributed by atoms with E-state index in [1.807, 2.05) is 60.8 Å². The van der Waals surface area contributed by atoms with Gasteiger partial charge < -0.3 is 10.1 Å². The Morgan fingerprint density at radius 2 is 1.62 bits per heavy atom. The minimum Gasteiger partial charge on any atom is -0.507 e. The minimum atomic E-state index is 0.266. The van der Waals surface area contributed by atoms with Crippen molar-refractivity contribution in [3.05, 3.63) is 90.6 Å². The molecule has 2 N–H and O–H groups in total. The van der Waals surface area contributed by atoms with Crippen LogP contribution in [0.1, 0.15) is 19.4 Å². The van der Waals surface area contributed by atoms with Crippen molar-refractivity contribution in [2.75, 3.05) is 0 Å². The van der Waals surface area contributed by atoms with E-state index in [-0.39, 0.29) is 5.75 Å². The van der Waals surface area contributed by atoms with Crippen LogP contribution in [0.15, 0.2) is 85.1 Å². The SMILES string of the molecule is CC(C)Cc1ccc(-c2cccc(-c3cc4cccc(-c5ccccn5)c4[nH]3)n2)c(O)c1. The van der Waals surface area contributed by atoms with Gasteiger partial charge in [-0.2, -0.15) is 0 Å². The second kappa shape index (κ2) is 8.31. The highest BCUT2D eigenvalue weighted by atomic mass is 16.3. The van der Waals surface area contributed by atoms with E-state index < -0.39 is 0 Å². The molecule has 0 unspecified atom stereocenters. The molecule has 158 valence electrons. The molecule has 3 aromatic heterocycles. The molecule has 0 radical (unpaired) electrons. The number of pyridine rings is 2. The van der Waals surface area contributed by atoms with Gasteiger partial charge in [0.15, 0.2) is 0 Å². The van der Waals surface area contributed by atoms with Gasteiger partial charge in [-0.3, -0.25) is 4.98 Å². The van der Waals surface area contributed by atoms with Crippen molar-refractivity contribution >= 4 is 10.9 Å². The number of hydrogen-bond donors (Lipinski definition) is 2. The number of aromatic nitrogens is 3. The molecule has 5 rings (SSSR count). The summed E-state index contributed by atoms with van der Waals surface area (Å²) in [7, 11) is 0. The Morgan fingerprint density at radius 1 is 0.812 bits per heavy atom. The van der Waals surface area contributed by atoms with Gasteiger partial charge in [-0.15, -0.1) is 0 Å². The number of hydrogen-bond acceptors (Lipinski definition) is 3. The van der Waals surface area contributed by atoms with Gasteiger partial charge in [0.25, 0.3) is 0 Å². The normalized spacial score (nSPS) is 11.3. The monoisotopic (exact) mass is 419 g/mol. The van der Waals surface area contributed by atoms with Crippen molar-refractivity contribution in [2.24, 2.45) is 5.92 Å². The van der Waals surface area contributed by atoms with E-state index in [4.69, 9.17) is 4.98 Å². The van der Waals surface area contributed by atoms with Crippen LogP contribution in [0.5, 0.6) is 5.75 Å². The van der Waals surface area contributed by atoms with Crippen molar-refractivity contribution in [3.8, 4) is 39.7 Å². The summed E-state index contributed by atoms with van der Waals surface area (Å²) >= 11 is 0. The fourth-order valence-electron chi connectivity index (χ4n) is 4.16. The van der Waals surface area contributed by atoms with Crippen LogP contribution in [0.3, 0.4) is 0 Å². The molecule has 0 aliphatic carbocycles. The van der Waals surface area contributed by atoms with Crippen molar-refractivity contribution in [2.45, 2.75) is 20.3 Å². The summed E-state index contributed by atoms with van der Waals surface area (Å²) in [6, 6.07) is 26.0. The van der Waals surface area contributed by atoms with Crippen LogP contribution in [0, 0.1) is 5.92 Å². The van der Waals surface area contributed by atoms with E-state index in [0.29, 0.717) is 5.92 Å². The van der Waals surface area contributed by atoms with Crippen LogP contribution >= 0.6 is 0 Å². The molecule has 0 spiro atoms. The Balaban J connectivity index is 1.54. The average molecular weight is 420 g/mol. The van der Waals surface area contributed by atoms with E-state index in [0.717, 1.165) is 56.8 Å². The largest absolute Gasteiger partial charge is 0.507 e. The fraction of sp³-hybridized carbons (Fsp3) is 0.143. The Morgan fingerprint density at radius 3 is 2.41 bits per heavy atom. The lowest BCUT2D eigenvalue weighted by Crippen LogP contribution is -1.94. The highest BCUT2D eigenvalue weighted by Gasteiger charge is 2.13. The van der Waals surface area contributed by atoms with Crippen molar-refractivity contribution in [1.29, 1.82) is 0 Å². The molecule has 4 heteroatoms. The molecular weight excluding hydrogens is 394 g/mol. The standard InChI is InChI=1S/C28H25N3O/c1-18(2)15-19-12-13-21(27(32)16-19)24-10-6-11-25(30-24)26-17-20-7-5-8-22(28(20)31-26)23-9-3-4-14-29-23/h3-14,16-18,31-32H,15H2,1-2H3. The zero-order chi connectivity index (χ0) is 22.1. The predicted molar refractivity (Wildman–Crippen MR) is 130 cm³/mol. The number of aromatic amines is 1. The van der Waals surface area contributed by atoms with Gasteiger partial charge in [0.1, 0.15) is 5.75 Å². The highest BCUT2D eigenvalue weighted by molar-refractivity contribution is 5.96. The van der Waals surface area contributed by atoms with E-state index in [1.165, 1.54) is 0 Å². The van der Waals surface area contributed by atoms with Crippen LogP contribution in [0.25, 0.3) is 44.8 Å². The highest BCUT2D eigenvalue weighted by Crippen LogP contribution is 2.33. The summed E-state index contributed by atoms with van der Waals surface area (Å²) in [5.41, 5.74) is 7.41. The lowest BCUT2D eigenvalue weighted by atomic mass is 10.00. The Bertz CT molecular complexity index is 1390. The molecule has 4 nitrogen and oxygen atoms in total. The van der Waals surface area contributed by atoms with Gasteiger partial charge in [0.2, 0.25) is 0 Å². The number of benzene rings is 2. The number of phenols is 1. The molecule has 0 bridgehead atoms. The van der Waals surface area contributed by atoms with E-state index in [2.05, 4.69) is 48.1 Å². The molecule has 0 amide bonds. The number of H-pyrrole nitrogens is 1. The Hall–Kier alpha value is -3.92. The maximum Gasteiger partial charge on any atom is 0.125 e. The molecule has 0 atom stereocenters. The van der Waals surface area contributed by atoms with E-state index >= 15 is 0 Å². The molecular formula is C28H25N3O. The number of nitrogens with zero attached hydrogens (tertiary/aromatic N) is 2. The van der Waals surface area contributed by atoms with Crippen molar-refractivity contribution < 1.29 is 5.11 Å². The molecule has 32 heavy (non-hydrogen) atoms. The summed E-state index contributed by atoms with van der Waals surface area (Å²) in [6.07, 6.45) is 2.75. The maximum absolute atomic E-state index is 10.6. The number of para-hydroxylation sites is 1. The summed E-state index contributed by atoms with van der Waals surface area (Å²) in [5.74, 6) is 0.807. The maximum atomic E-state index is 10.6. The molecule has 0 saturated heterocycles. The van der Waals surface area contributed by atoms with Gasteiger partial charge in [0.05, 0.1) is 28.3 Å². The zero-order valence-electron chi connectivity index (χ0n) is 18.2. The first kappa shape index (κ1) is 20.0. The molecule has 0 saturated carbocycles. The molecule has 0 aliphatic heterocycles. The number of phenolic OH excluding ortho intramolecular Hbond substituents is 1. The van der Waals surface area contributed by atoms with Crippen molar-refractivity contribution in [3.63, 3.8) is 0 Å². The fourth-order valence-corrected chi connectivity index (χ4v) is 4.16. The second-order valence-electron chi connectivity index (χ2n) is 8.53. The minimum absolute atomic E-state index is 0.266. The van der Waals surface area contributed by atoms with Gasteiger partial charge >= 0.3 is 0 Å². The summed E-state index contributed by atoms with van der Waals surface area (Å²) in [6.45, 7) is 4.35. The first-order chi connectivity index (χ1) is 15.6. The van der Waals surface area contributed by atoms with Crippen molar-refractivity contribution in [1.82, 2.24) is 15.0 Å². The third-order valence-corrected chi connectivity index (χ3v) is 5.60. The Kier molecular flexibility index (Phi) is 5.20. The Labute approximate surface area is 187 Å². The smallest absolute Gasteiger partial charge is 0.125 e. The first-order valence-corrected chi connectivity index (χ1v) is 10.9. The molecule has 2 aromatic carbocycles. The molecule has 5 aromatic rings. The van der Waals surface area contributed by atoms with Crippen LogP contribution in [-0.4, -0.2) is 20.1 Å². The van der Waals surface area contributed by atoms with Gasteiger partial charge in [-0.25, -0.2) is 4.98 Å². The zero-order valence-corrected chi connectivity index (χ0v) is 18.2. The summed E-state index contributed by atoms with van der Waals surface area (Å²) in [5, 5.41) is 11.7. The lowest BCUT2D eigenvalue weighted by molar-refractivity contribution is 0.475. The number of aromatic hydroxyl groups is 1. The number of rotatable bonds is 5. The quantitative estimate of drug-likeness (QED) is 0.327. The van der Waals surface area contributed by atoms with Crippen LogP contribution in [-0.2, 0) is 6.42 Å². The topological polar surface area (TPSA) is 61.8 Å². The summed E-state index contributed by atoms with van der Waals surface area (Å²) < 4.78 is 0. The third-order valence-electron chi connectivity index (χ3n) is 5.60. The van der Waals surface area contributed by atoms with Gasteiger partial charge in [-0.05, 0) is 60.4 Å². The third kappa shape index (κ3) is 3.87.